The lowest BCUT2D eigenvalue weighted by atomic mass is 9.85. The second-order valence-electron chi connectivity index (χ2n) is 7.80. The molecule has 8 heteroatoms. The highest BCUT2D eigenvalue weighted by atomic mass is 79.9. The minimum absolute atomic E-state index is 0.00794. The summed E-state index contributed by atoms with van der Waals surface area (Å²) in [5.74, 6) is 0.915. The van der Waals surface area contributed by atoms with Crippen molar-refractivity contribution in [3.63, 3.8) is 0 Å². The Bertz CT molecular complexity index is 994. The van der Waals surface area contributed by atoms with Crippen LogP contribution < -0.4 is 16.0 Å². The monoisotopic (exact) mass is 456 g/mol. The van der Waals surface area contributed by atoms with Crippen LogP contribution in [0.25, 0.3) is 11.0 Å². The Hall–Kier alpha value is -2.45. The number of piperidine rings is 1. The number of nitrogens with two attached hydrogens (primary N) is 1. The number of hydrogen-bond donors (Lipinski definition) is 3. The van der Waals surface area contributed by atoms with Gasteiger partial charge >= 0.3 is 0 Å². The molecule has 1 fully saturated rings. The Kier molecular flexibility index (Phi) is 5.56. The molecule has 0 unspecified atom stereocenters. The number of fused-ring (bicyclic) bond motifs is 1. The second-order valence-corrected chi connectivity index (χ2v) is 8.72. The van der Waals surface area contributed by atoms with Gasteiger partial charge in [-0.15, -0.1) is 0 Å². The summed E-state index contributed by atoms with van der Waals surface area (Å²) in [7, 11) is 0. The molecule has 1 aromatic carbocycles. The molecule has 0 bridgehead atoms. The highest BCUT2D eigenvalue weighted by Crippen LogP contribution is 2.29. The molecule has 0 aliphatic carbocycles. The first-order valence-electron chi connectivity index (χ1n) is 9.80. The SMILES string of the molecule is C[C@@H](NC(=O)CC1(N)CCN(c2ncnc3[nH]ccc23)CC1)c1ccc(Br)cc1. The standard InChI is InChI=1S/C21H25BrN6O/c1-14(15-2-4-16(22)5-3-15)27-18(29)12-21(23)7-10-28(11-8-21)20-17-6-9-24-19(17)25-13-26-20/h2-6,9,13-14H,7-8,10-12,23H2,1H3,(H,27,29)(H,24,25,26)/t14-/m1/s1. The van der Waals surface area contributed by atoms with Gasteiger partial charge in [0.05, 0.1) is 11.4 Å². The number of carbonyl (C=O) groups is 1. The number of H-pyrrole nitrogens is 1. The molecular formula is C21H25BrN6O. The quantitative estimate of drug-likeness (QED) is 0.546. The number of rotatable bonds is 5. The molecule has 0 radical (unpaired) electrons. The van der Waals surface area contributed by atoms with E-state index < -0.39 is 5.54 Å². The van der Waals surface area contributed by atoms with Crippen LogP contribution in [-0.2, 0) is 4.79 Å². The van der Waals surface area contributed by atoms with Gasteiger partial charge in [0.25, 0.3) is 0 Å². The summed E-state index contributed by atoms with van der Waals surface area (Å²) in [6.07, 6.45) is 5.25. The fourth-order valence-corrected chi connectivity index (χ4v) is 4.16. The van der Waals surface area contributed by atoms with Gasteiger partial charge in [-0.1, -0.05) is 28.1 Å². The van der Waals surface area contributed by atoms with Crippen LogP contribution in [-0.4, -0.2) is 39.5 Å². The molecular weight excluding hydrogens is 432 g/mol. The zero-order valence-corrected chi connectivity index (χ0v) is 17.9. The smallest absolute Gasteiger partial charge is 0.222 e. The Labute approximate surface area is 178 Å². The van der Waals surface area contributed by atoms with Gasteiger partial charge in [0.2, 0.25) is 5.91 Å². The van der Waals surface area contributed by atoms with Gasteiger partial charge in [0.1, 0.15) is 17.8 Å². The molecule has 1 saturated heterocycles. The Morgan fingerprint density at radius 3 is 2.72 bits per heavy atom. The Morgan fingerprint density at radius 1 is 1.28 bits per heavy atom. The van der Waals surface area contributed by atoms with Crippen LogP contribution in [0.5, 0.6) is 0 Å². The number of anilines is 1. The van der Waals surface area contributed by atoms with Crippen LogP contribution in [0.3, 0.4) is 0 Å². The van der Waals surface area contributed by atoms with E-state index in [-0.39, 0.29) is 11.9 Å². The van der Waals surface area contributed by atoms with Gasteiger partial charge in [-0.3, -0.25) is 4.79 Å². The van der Waals surface area contributed by atoms with Gasteiger partial charge in [-0.2, -0.15) is 0 Å². The number of nitrogens with zero attached hydrogens (tertiary/aromatic N) is 3. The summed E-state index contributed by atoms with van der Waals surface area (Å²) >= 11 is 3.43. The van der Waals surface area contributed by atoms with Crippen LogP contribution >= 0.6 is 15.9 Å². The zero-order chi connectivity index (χ0) is 20.4. The molecule has 7 nitrogen and oxygen atoms in total. The van der Waals surface area contributed by atoms with Crippen molar-refractivity contribution in [2.24, 2.45) is 5.73 Å². The van der Waals surface area contributed by atoms with E-state index in [1.54, 1.807) is 6.33 Å². The molecule has 152 valence electrons. The van der Waals surface area contributed by atoms with Crippen LogP contribution in [0.15, 0.2) is 47.3 Å². The zero-order valence-electron chi connectivity index (χ0n) is 16.4. The predicted molar refractivity (Wildman–Crippen MR) is 118 cm³/mol. The number of amides is 1. The first-order valence-corrected chi connectivity index (χ1v) is 10.6. The molecule has 0 saturated carbocycles. The number of hydrogen-bond acceptors (Lipinski definition) is 5. The van der Waals surface area contributed by atoms with Crippen molar-refractivity contribution < 1.29 is 4.79 Å². The van der Waals surface area contributed by atoms with E-state index in [0.29, 0.717) is 6.42 Å². The van der Waals surface area contributed by atoms with Gasteiger partial charge in [-0.05, 0) is 43.5 Å². The summed E-state index contributed by atoms with van der Waals surface area (Å²) in [6, 6.07) is 9.91. The summed E-state index contributed by atoms with van der Waals surface area (Å²) in [6.45, 7) is 3.52. The van der Waals surface area contributed by atoms with Crippen LogP contribution in [0, 0.1) is 0 Å². The predicted octanol–water partition coefficient (Wildman–Crippen LogP) is 3.29. The third-order valence-electron chi connectivity index (χ3n) is 5.65. The van der Waals surface area contributed by atoms with E-state index in [9.17, 15) is 4.79 Å². The molecule has 4 rings (SSSR count). The first-order chi connectivity index (χ1) is 13.9. The van der Waals surface area contributed by atoms with Crippen molar-refractivity contribution in [1.82, 2.24) is 20.3 Å². The van der Waals surface area contributed by atoms with E-state index in [0.717, 1.165) is 52.8 Å². The van der Waals surface area contributed by atoms with E-state index in [4.69, 9.17) is 5.73 Å². The van der Waals surface area contributed by atoms with Crippen molar-refractivity contribution in [2.45, 2.75) is 37.8 Å². The lowest BCUT2D eigenvalue weighted by molar-refractivity contribution is -0.123. The minimum Gasteiger partial charge on any atom is -0.356 e. The van der Waals surface area contributed by atoms with E-state index in [1.807, 2.05) is 43.5 Å². The van der Waals surface area contributed by atoms with Gasteiger partial charge in [0.15, 0.2) is 0 Å². The van der Waals surface area contributed by atoms with Crippen LogP contribution in [0.4, 0.5) is 5.82 Å². The fourth-order valence-electron chi connectivity index (χ4n) is 3.90. The topological polar surface area (TPSA) is 99.9 Å². The normalized spacial score (nSPS) is 17.3. The van der Waals surface area contributed by atoms with Gasteiger partial charge in [0, 0.05) is 35.7 Å². The molecule has 29 heavy (non-hydrogen) atoms. The van der Waals surface area contributed by atoms with E-state index in [1.165, 1.54) is 0 Å². The maximum Gasteiger partial charge on any atom is 0.222 e. The molecule has 2 aromatic heterocycles. The number of halogens is 1. The van der Waals surface area contributed by atoms with Crippen molar-refractivity contribution in [1.29, 1.82) is 0 Å². The Morgan fingerprint density at radius 2 is 2.00 bits per heavy atom. The molecule has 4 N–H and O–H groups in total. The second kappa shape index (κ2) is 8.12. The maximum atomic E-state index is 12.6. The highest BCUT2D eigenvalue weighted by Gasteiger charge is 2.34. The minimum atomic E-state index is -0.496. The number of carbonyl (C=O) groups excluding carboxylic acids is 1. The third-order valence-corrected chi connectivity index (χ3v) is 6.18. The summed E-state index contributed by atoms with van der Waals surface area (Å²) in [4.78, 5) is 26.7. The molecule has 0 spiro atoms. The maximum absolute atomic E-state index is 12.6. The van der Waals surface area contributed by atoms with Gasteiger partial charge < -0.3 is 20.9 Å². The number of benzene rings is 1. The first kappa shape index (κ1) is 19.8. The van der Waals surface area contributed by atoms with Gasteiger partial charge in [-0.25, -0.2) is 9.97 Å². The molecule has 1 aliphatic rings. The lowest BCUT2D eigenvalue weighted by Crippen LogP contribution is -2.53. The average molecular weight is 457 g/mol. The fraction of sp³-hybridized carbons (Fsp3) is 0.381. The van der Waals surface area contributed by atoms with Crippen molar-refractivity contribution >= 4 is 38.7 Å². The number of aromatic amines is 1. The van der Waals surface area contributed by atoms with Crippen molar-refractivity contribution in [2.75, 3.05) is 18.0 Å². The van der Waals surface area contributed by atoms with Crippen LogP contribution in [0.2, 0.25) is 0 Å². The third kappa shape index (κ3) is 4.43. The van der Waals surface area contributed by atoms with Crippen LogP contribution in [0.1, 0.15) is 37.8 Å². The Balaban J connectivity index is 1.35. The highest BCUT2D eigenvalue weighted by molar-refractivity contribution is 9.10. The molecule has 1 amide bonds. The molecule has 1 aliphatic heterocycles. The summed E-state index contributed by atoms with van der Waals surface area (Å²) in [5, 5.41) is 4.09. The molecule has 3 aromatic rings. The molecule has 1 atom stereocenters. The summed E-state index contributed by atoms with van der Waals surface area (Å²) in [5.41, 5.74) is 8.00. The van der Waals surface area contributed by atoms with Crippen molar-refractivity contribution in [3.05, 3.63) is 52.9 Å². The average Bonchev–Trinajstić information content (AvgIpc) is 3.17. The lowest BCUT2D eigenvalue weighted by Gasteiger charge is -2.39. The van der Waals surface area contributed by atoms with E-state index >= 15 is 0 Å². The number of aromatic nitrogens is 3. The van der Waals surface area contributed by atoms with Crippen molar-refractivity contribution in [3.8, 4) is 0 Å². The largest absolute Gasteiger partial charge is 0.356 e. The van der Waals surface area contributed by atoms with E-state index in [2.05, 4.69) is 41.1 Å². The summed E-state index contributed by atoms with van der Waals surface area (Å²) < 4.78 is 1.02. The number of nitrogens with one attached hydrogen (secondary N) is 2. The molecule has 3 heterocycles.